The molecule has 1 aromatic rings. The Hall–Kier alpha value is -1.33. The third-order valence-corrected chi connectivity index (χ3v) is 3.07. The summed E-state index contributed by atoms with van der Waals surface area (Å²) in [5, 5.41) is 12.1. The Kier molecular flexibility index (Phi) is 3.37. The quantitative estimate of drug-likeness (QED) is 0.810. The van der Waals surface area contributed by atoms with Crippen LogP contribution in [0.5, 0.6) is 0 Å². The first-order valence-corrected chi connectivity index (χ1v) is 5.58. The van der Waals surface area contributed by atoms with Crippen molar-refractivity contribution in [3.63, 3.8) is 0 Å². The number of hydrogen-bond acceptors (Lipinski definition) is 2. The van der Waals surface area contributed by atoms with Gasteiger partial charge in [0.15, 0.2) is 0 Å². The highest BCUT2D eigenvalue weighted by molar-refractivity contribution is 5.31. The molecule has 0 unspecified atom stereocenters. The summed E-state index contributed by atoms with van der Waals surface area (Å²) >= 11 is 0. The van der Waals surface area contributed by atoms with E-state index in [2.05, 4.69) is 11.4 Å². The average Bonchev–Trinajstić information content (AvgIpc) is 2.23. The fourth-order valence-corrected chi connectivity index (χ4v) is 1.81. The maximum Gasteiger partial charge on any atom is 0.0991 e. The van der Waals surface area contributed by atoms with E-state index < -0.39 is 0 Å². The van der Waals surface area contributed by atoms with Crippen LogP contribution < -0.4 is 5.32 Å². The van der Waals surface area contributed by atoms with Crippen molar-refractivity contribution in [1.82, 2.24) is 5.32 Å². The van der Waals surface area contributed by atoms with Crippen molar-refractivity contribution in [3.8, 4) is 6.07 Å². The van der Waals surface area contributed by atoms with Crippen LogP contribution in [0.1, 0.15) is 30.4 Å². The van der Waals surface area contributed by atoms with Crippen molar-refractivity contribution in [2.45, 2.75) is 25.8 Å². The van der Waals surface area contributed by atoms with Gasteiger partial charge in [0, 0.05) is 6.54 Å². The zero-order valence-electron chi connectivity index (χ0n) is 8.87. The second-order valence-corrected chi connectivity index (χ2v) is 4.24. The van der Waals surface area contributed by atoms with Gasteiger partial charge in [-0.3, -0.25) is 0 Å². The van der Waals surface area contributed by atoms with Crippen molar-refractivity contribution in [2.24, 2.45) is 5.92 Å². The third kappa shape index (κ3) is 2.81. The van der Waals surface area contributed by atoms with Gasteiger partial charge in [-0.15, -0.1) is 0 Å². The molecule has 1 fully saturated rings. The number of nitrogens with zero attached hydrogens (tertiary/aromatic N) is 1. The molecule has 1 saturated carbocycles. The molecular formula is C13H16N2. The van der Waals surface area contributed by atoms with E-state index in [0.717, 1.165) is 24.6 Å². The summed E-state index contributed by atoms with van der Waals surface area (Å²) < 4.78 is 0. The van der Waals surface area contributed by atoms with Gasteiger partial charge in [-0.1, -0.05) is 18.6 Å². The topological polar surface area (TPSA) is 35.8 Å². The van der Waals surface area contributed by atoms with Crippen LogP contribution in [0.2, 0.25) is 0 Å². The summed E-state index contributed by atoms with van der Waals surface area (Å²) in [6.07, 6.45) is 4.18. The Morgan fingerprint density at radius 3 is 2.53 bits per heavy atom. The van der Waals surface area contributed by atoms with Gasteiger partial charge in [-0.25, -0.2) is 0 Å². The lowest BCUT2D eigenvalue weighted by atomic mass is 9.85. The first-order valence-electron chi connectivity index (χ1n) is 5.58. The maximum absolute atomic E-state index is 8.65. The van der Waals surface area contributed by atoms with Gasteiger partial charge in [-0.05, 0) is 43.0 Å². The summed E-state index contributed by atoms with van der Waals surface area (Å²) in [4.78, 5) is 0. The molecule has 0 heterocycles. The van der Waals surface area contributed by atoms with E-state index in [1.807, 2.05) is 24.3 Å². The zero-order valence-corrected chi connectivity index (χ0v) is 8.87. The Morgan fingerprint density at radius 1 is 1.27 bits per heavy atom. The Labute approximate surface area is 90.9 Å². The van der Waals surface area contributed by atoms with Crippen molar-refractivity contribution in [3.05, 3.63) is 35.4 Å². The minimum absolute atomic E-state index is 0.734. The van der Waals surface area contributed by atoms with E-state index in [-0.39, 0.29) is 0 Å². The second kappa shape index (κ2) is 4.95. The lowest BCUT2D eigenvalue weighted by Crippen LogP contribution is -2.26. The number of benzene rings is 1. The van der Waals surface area contributed by atoms with Crippen molar-refractivity contribution >= 4 is 0 Å². The van der Waals surface area contributed by atoms with E-state index in [1.165, 1.54) is 24.8 Å². The normalized spacial score (nSPS) is 15.7. The third-order valence-electron chi connectivity index (χ3n) is 3.07. The Bertz CT molecular complexity index is 344. The summed E-state index contributed by atoms with van der Waals surface area (Å²) in [5.41, 5.74) is 1.99. The SMILES string of the molecule is N#Cc1ccc(CNCC2CCC2)cc1. The molecule has 1 aliphatic rings. The standard InChI is InChI=1S/C13H16N2/c14-8-11-4-6-13(7-5-11)10-15-9-12-2-1-3-12/h4-7,12,15H,1-3,9-10H2. The van der Waals surface area contributed by atoms with Crippen LogP contribution in [-0.4, -0.2) is 6.54 Å². The number of rotatable bonds is 4. The van der Waals surface area contributed by atoms with E-state index in [4.69, 9.17) is 5.26 Å². The van der Waals surface area contributed by atoms with Gasteiger partial charge in [-0.2, -0.15) is 5.26 Å². The van der Waals surface area contributed by atoms with Crippen LogP contribution in [0.15, 0.2) is 24.3 Å². The summed E-state index contributed by atoms with van der Waals surface area (Å²) in [7, 11) is 0. The molecule has 1 N–H and O–H groups in total. The molecule has 2 rings (SSSR count). The first kappa shape index (κ1) is 10.2. The minimum Gasteiger partial charge on any atom is -0.312 e. The monoisotopic (exact) mass is 200 g/mol. The molecule has 0 aliphatic heterocycles. The van der Waals surface area contributed by atoms with E-state index in [9.17, 15) is 0 Å². The molecule has 0 radical (unpaired) electrons. The lowest BCUT2D eigenvalue weighted by molar-refractivity contribution is 0.301. The van der Waals surface area contributed by atoms with Gasteiger partial charge in [0.25, 0.3) is 0 Å². The molecule has 78 valence electrons. The maximum atomic E-state index is 8.65. The smallest absolute Gasteiger partial charge is 0.0991 e. The molecule has 0 aromatic heterocycles. The highest BCUT2D eigenvalue weighted by Gasteiger charge is 2.16. The molecule has 1 aliphatic carbocycles. The Morgan fingerprint density at radius 2 is 2.00 bits per heavy atom. The van der Waals surface area contributed by atoms with Crippen LogP contribution in [0, 0.1) is 17.2 Å². The summed E-state index contributed by atoms with van der Waals surface area (Å²) in [5.74, 6) is 0.906. The number of hydrogen-bond donors (Lipinski definition) is 1. The van der Waals surface area contributed by atoms with Gasteiger partial charge in [0.2, 0.25) is 0 Å². The van der Waals surface area contributed by atoms with Crippen LogP contribution in [0.3, 0.4) is 0 Å². The highest BCUT2D eigenvalue weighted by Crippen LogP contribution is 2.25. The van der Waals surface area contributed by atoms with E-state index in [0.29, 0.717) is 0 Å². The molecule has 15 heavy (non-hydrogen) atoms. The summed E-state index contributed by atoms with van der Waals surface area (Å²) in [6, 6.07) is 9.92. The minimum atomic E-state index is 0.734. The molecule has 0 saturated heterocycles. The first-order chi connectivity index (χ1) is 7.38. The second-order valence-electron chi connectivity index (χ2n) is 4.24. The summed E-state index contributed by atoms with van der Waals surface area (Å²) in [6.45, 7) is 2.06. The van der Waals surface area contributed by atoms with Crippen LogP contribution in [0.25, 0.3) is 0 Å². The van der Waals surface area contributed by atoms with Gasteiger partial charge in [0.1, 0.15) is 0 Å². The van der Waals surface area contributed by atoms with Crippen LogP contribution in [-0.2, 0) is 6.54 Å². The molecule has 0 bridgehead atoms. The number of nitriles is 1. The predicted octanol–water partition coefficient (Wildman–Crippen LogP) is 2.45. The van der Waals surface area contributed by atoms with Crippen molar-refractivity contribution < 1.29 is 0 Å². The van der Waals surface area contributed by atoms with Gasteiger partial charge in [0.05, 0.1) is 11.6 Å². The molecule has 2 heteroatoms. The van der Waals surface area contributed by atoms with Gasteiger partial charge < -0.3 is 5.32 Å². The highest BCUT2D eigenvalue weighted by atomic mass is 14.9. The van der Waals surface area contributed by atoms with Crippen LogP contribution >= 0.6 is 0 Å². The van der Waals surface area contributed by atoms with Crippen molar-refractivity contribution in [2.75, 3.05) is 6.54 Å². The number of nitrogens with one attached hydrogen (secondary N) is 1. The molecule has 2 nitrogen and oxygen atoms in total. The fraction of sp³-hybridized carbons (Fsp3) is 0.462. The van der Waals surface area contributed by atoms with E-state index >= 15 is 0 Å². The largest absolute Gasteiger partial charge is 0.312 e. The lowest BCUT2D eigenvalue weighted by Gasteiger charge is -2.25. The molecule has 0 spiro atoms. The predicted molar refractivity (Wildman–Crippen MR) is 60.2 cm³/mol. The molecule has 1 aromatic carbocycles. The van der Waals surface area contributed by atoms with E-state index in [1.54, 1.807) is 0 Å². The van der Waals surface area contributed by atoms with Gasteiger partial charge >= 0.3 is 0 Å². The zero-order chi connectivity index (χ0) is 10.5. The molecule has 0 atom stereocenters. The average molecular weight is 200 g/mol. The Balaban J connectivity index is 1.75. The molecule has 0 amide bonds. The van der Waals surface area contributed by atoms with Crippen LogP contribution in [0.4, 0.5) is 0 Å². The molecular weight excluding hydrogens is 184 g/mol. The van der Waals surface area contributed by atoms with Crippen molar-refractivity contribution in [1.29, 1.82) is 5.26 Å². The fourth-order valence-electron chi connectivity index (χ4n) is 1.81.